The van der Waals surface area contributed by atoms with Crippen LogP contribution in [0.1, 0.15) is 19.4 Å². The first-order valence-electron chi connectivity index (χ1n) is 10.2. The van der Waals surface area contributed by atoms with Crippen molar-refractivity contribution in [2.75, 3.05) is 32.8 Å². The van der Waals surface area contributed by atoms with Gasteiger partial charge in [0.25, 0.3) is 5.91 Å². The van der Waals surface area contributed by atoms with Crippen LogP contribution in [-0.4, -0.2) is 65.5 Å². The summed E-state index contributed by atoms with van der Waals surface area (Å²) in [5.41, 5.74) is 0.953. The van der Waals surface area contributed by atoms with Crippen LogP contribution in [0.25, 0.3) is 0 Å². The summed E-state index contributed by atoms with van der Waals surface area (Å²) in [4.78, 5) is 33.0. The molecule has 0 aliphatic carbocycles. The molecule has 2 heterocycles. The first kappa shape index (κ1) is 21.8. The van der Waals surface area contributed by atoms with Crippen molar-refractivity contribution in [1.82, 2.24) is 14.8 Å². The molecule has 1 fully saturated rings. The van der Waals surface area contributed by atoms with Crippen LogP contribution in [0, 0.1) is 5.92 Å². The zero-order valence-electron chi connectivity index (χ0n) is 17.6. The van der Waals surface area contributed by atoms with Gasteiger partial charge >= 0.3 is 0 Å². The second kappa shape index (κ2) is 10.7. The quantitative estimate of drug-likeness (QED) is 0.667. The lowest BCUT2D eigenvalue weighted by Gasteiger charge is -2.26. The van der Waals surface area contributed by atoms with Crippen molar-refractivity contribution in [1.29, 1.82) is 0 Å². The van der Waals surface area contributed by atoms with Crippen molar-refractivity contribution in [3.8, 4) is 5.75 Å². The van der Waals surface area contributed by atoms with E-state index in [1.807, 2.05) is 30.3 Å². The molecule has 0 bridgehead atoms. The highest BCUT2D eigenvalue weighted by Crippen LogP contribution is 2.14. The lowest BCUT2D eigenvalue weighted by molar-refractivity contribution is -0.140. The number of aromatic nitrogens is 1. The second-order valence-corrected chi connectivity index (χ2v) is 7.86. The summed E-state index contributed by atoms with van der Waals surface area (Å²) in [5.74, 6) is 0.659. The monoisotopic (exact) mass is 411 g/mol. The predicted octanol–water partition coefficient (Wildman–Crippen LogP) is 2.37. The van der Waals surface area contributed by atoms with Gasteiger partial charge in [-0.3, -0.25) is 14.6 Å². The lowest BCUT2D eigenvalue weighted by atomic mass is 10.2. The van der Waals surface area contributed by atoms with Crippen LogP contribution >= 0.6 is 0 Å². The molecule has 0 unspecified atom stereocenters. The van der Waals surface area contributed by atoms with Crippen LogP contribution in [0.3, 0.4) is 0 Å². The Morgan fingerprint density at radius 2 is 1.97 bits per heavy atom. The van der Waals surface area contributed by atoms with Gasteiger partial charge in [0.05, 0.1) is 19.3 Å². The molecule has 1 aliphatic rings. The predicted molar refractivity (Wildman–Crippen MR) is 113 cm³/mol. The summed E-state index contributed by atoms with van der Waals surface area (Å²) in [6, 6.07) is 13.0. The summed E-state index contributed by atoms with van der Waals surface area (Å²) >= 11 is 0. The summed E-state index contributed by atoms with van der Waals surface area (Å²) in [6.07, 6.45) is 3.19. The minimum absolute atomic E-state index is 0.0382. The van der Waals surface area contributed by atoms with E-state index >= 15 is 0 Å². The third-order valence-corrected chi connectivity index (χ3v) is 4.78. The molecule has 0 spiro atoms. The van der Waals surface area contributed by atoms with Crippen LogP contribution in [0.4, 0.5) is 0 Å². The number of para-hydroxylation sites is 1. The van der Waals surface area contributed by atoms with Gasteiger partial charge in [0, 0.05) is 32.0 Å². The number of rotatable bonds is 8. The van der Waals surface area contributed by atoms with Crippen molar-refractivity contribution >= 4 is 11.8 Å². The molecule has 0 saturated carbocycles. The number of hydrogen-bond donors (Lipinski definition) is 0. The molecule has 160 valence electrons. The van der Waals surface area contributed by atoms with Crippen LogP contribution in [-0.2, 0) is 20.9 Å². The largest absolute Gasteiger partial charge is 0.484 e. The van der Waals surface area contributed by atoms with Gasteiger partial charge in [-0.1, -0.05) is 38.1 Å². The molecule has 0 N–H and O–H groups in total. The van der Waals surface area contributed by atoms with Gasteiger partial charge in [0.2, 0.25) is 5.91 Å². The van der Waals surface area contributed by atoms with Gasteiger partial charge in [-0.25, -0.2) is 0 Å². The number of ether oxygens (including phenoxy) is 2. The minimum atomic E-state index is -0.281. The highest BCUT2D eigenvalue weighted by atomic mass is 16.5. The smallest absolute Gasteiger partial charge is 0.261 e. The van der Waals surface area contributed by atoms with Gasteiger partial charge in [0.15, 0.2) is 6.61 Å². The Hall–Kier alpha value is -2.93. The Balaban J connectivity index is 1.65. The Morgan fingerprint density at radius 3 is 2.67 bits per heavy atom. The Labute approximate surface area is 177 Å². The molecule has 7 heteroatoms. The Morgan fingerprint density at radius 1 is 1.17 bits per heavy atom. The fourth-order valence-corrected chi connectivity index (χ4v) is 3.34. The van der Waals surface area contributed by atoms with Gasteiger partial charge in [-0.15, -0.1) is 0 Å². The van der Waals surface area contributed by atoms with E-state index in [0.29, 0.717) is 37.9 Å². The maximum atomic E-state index is 12.8. The minimum Gasteiger partial charge on any atom is -0.484 e. The average Bonchev–Trinajstić information content (AvgIpc) is 2.90. The normalized spacial score (nSPS) is 17.2. The molecule has 0 radical (unpaired) electrons. The molecule has 1 aromatic carbocycles. The molecule has 1 aliphatic heterocycles. The molecular formula is C23H29N3O4. The SMILES string of the molecule is CC(C)CN1C[C@@H](OCc2cccnc2)CN(C(=O)COc2ccccc2)CC1=O. The summed E-state index contributed by atoms with van der Waals surface area (Å²) in [7, 11) is 0. The van der Waals surface area contributed by atoms with Crippen molar-refractivity contribution in [3.63, 3.8) is 0 Å². The maximum absolute atomic E-state index is 12.8. The van der Waals surface area contributed by atoms with Gasteiger partial charge < -0.3 is 19.3 Å². The topological polar surface area (TPSA) is 72.0 Å². The maximum Gasteiger partial charge on any atom is 0.261 e. The second-order valence-electron chi connectivity index (χ2n) is 7.86. The van der Waals surface area contributed by atoms with Gasteiger partial charge in [-0.2, -0.15) is 0 Å². The van der Waals surface area contributed by atoms with Crippen LogP contribution < -0.4 is 4.74 Å². The van der Waals surface area contributed by atoms with E-state index in [0.717, 1.165) is 5.56 Å². The molecule has 30 heavy (non-hydrogen) atoms. The highest BCUT2D eigenvalue weighted by molar-refractivity contribution is 5.86. The Bertz CT molecular complexity index is 814. The van der Waals surface area contributed by atoms with E-state index < -0.39 is 0 Å². The van der Waals surface area contributed by atoms with Crippen LogP contribution in [0.5, 0.6) is 5.75 Å². The summed E-state index contributed by atoms with van der Waals surface area (Å²) in [5, 5.41) is 0. The number of amides is 2. The number of benzene rings is 1. The number of carbonyl (C=O) groups is 2. The fraction of sp³-hybridized carbons (Fsp3) is 0.435. The third kappa shape index (κ3) is 6.56. The molecular weight excluding hydrogens is 382 g/mol. The molecule has 1 aromatic heterocycles. The first-order chi connectivity index (χ1) is 14.5. The van der Waals surface area contributed by atoms with Crippen LogP contribution in [0.2, 0.25) is 0 Å². The summed E-state index contributed by atoms with van der Waals surface area (Å²) < 4.78 is 11.7. The van der Waals surface area contributed by atoms with E-state index in [1.165, 1.54) is 0 Å². The first-order valence-corrected chi connectivity index (χ1v) is 10.2. The molecule has 1 saturated heterocycles. The number of nitrogens with zero attached hydrogens (tertiary/aromatic N) is 3. The van der Waals surface area contributed by atoms with E-state index in [9.17, 15) is 9.59 Å². The van der Waals surface area contributed by atoms with Crippen molar-refractivity contribution in [2.45, 2.75) is 26.6 Å². The zero-order valence-corrected chi connectivity index (χ0v) is 17.6. The van der Waals surface area contributed by atoms with Gasteiger partial charge in [-0.05, 0) is 29.7 Å². The molecule has 2 aromatic rings. The third-order valence-electron chi connectivity index (χ3n) is 4.78. The molecule has 3 rings (SSSR count). The van der Waals surface area contributed by atoms with E-state index in [-0.39, 0.29) is 31.1 Å². The van der Waals surface area contributed by atoms with Crippen molar-refractivity contribution in [3.05, 3.63) is 60.4 Å². The van der Waals surface area contributed by atoms with E-state index in [1.54, 1.807) is 34.3 Å². The lowest BCUT2D eigenvalue weighted by Crippen LogP contribution is -2.42. The van der Waals surface area contributed by atoms with Crippen molar-refractivity contribution in [2.24, 2.45) is 5.92 Å². The molecule has 1 atom stereocenters. The zero-order chi connectivity index (χ0) is 21.3. The van der Waals surface area contributed by atoms with Gasteiger partial charge in [0.1, 0.15) is 5.75 Å². The van der Waals surface area contributed by atoms with Crippen LogP contribution in [0.15, 0.2) is 54.9 Å². The number of carbonyl (C=O) groups excluding carboxylic acids is 2. The standard InChI is InChI=1S/C23H29N3O4/c1-18(2)12-25-13-21(29-16-19-7-6-10-24-11-19)14-26(15-22(25)27)23(28)17-30-20-8-4-3-5-9-20/h3-11,18,21H,12-17H2,1-2H3/t21-/m1/s1. The molecule has 2 amide bonds. The fourth-order valence-electron chi connectivity index (χ4n) is 3.34. The Kier molecular flexibility index (Phi) is 7.79. The summed E-state index contributed by atoms with van der Waals surface area (Å²) in [6.45, 7) is 5.88. The van der Waals surface area contributed by atoms with Crippen molar-refractivity contribution < 1.29 is 19.1 Å². The highest BCUT2D eigenvalue weighted by Gasteiger charge is 2.31. The van der Waals surface area contributed by atoms with E-state index in [2.05, 4.69) is 18.8 Å². The van der Waals surface area contributed by atoms with E-state index in [4.69, 9.17) is 9.47 Å². The average molecular weight is 412 g/mol. The number of pyridine rings is 1. The number of hydrogen-bond acceptors (Lipinski definition) is 5. The molecule has 7 nitrogen and oxygen atoms in total.